The van der Waals surface area contributed by atoms with Gasteiger partial charge in [0.15, 0.2) is 5.79 Å². The first-order valence-electron chi connectivity index (χ1n) is 9.99. The Morgan fingerprint density at radius 2 is 1.88 bits per heavy atom. The second-order valence-corrected chi connectivity index (χ2v) is 9.42. The Balaban J connectivity index is 1.52. The number of ketones is 1. The largest absolute Gasteiger partial charge is 0.347 e. The highest BCUT2D eigenvalue weighted by Crippen LogP contribution is 2.67. The lowest BCUT2D eigenvalue weighted by Gasteiger charge is -2.56. The van der Waals surface area contributed by atoms with Gasteiger partial charge in [-0.1, -0.05) is 25.5 Å². The van der Waals surface area contributed by atoms with Crippen LogP contribution in [0.5, 0.6) is 0 Å². The van der Waals surface area contributed by atoms with E-state index in [0.717, 1.165) is 45.3 Å². The van der Waals surface area contributed by atoms with E-state index in [1.807, 2.05) is 0 Å². The number of carbonyl (C=O) groups is 1. The Bertz CT molecular complexity index is 602. The van der Waals surface area contributed by atoms with Crippen LogP contribution in [0.2, 0.25) is 0 Å². The van der Waals surface area contributed by atoms with Crippen molar-refractivity contribution in [3.8, 4) is 0 Å². The zero-order valence-electron chi connectivity index (χ0n) is 15.1. The van der Waals surface area contributed by atoms with E-state index in [2.05, 4.69) is 19.9 Å². The van der Waals surface area contributed by atoms with Gasteiger partial charge in [-0.05, 0) is 55.3 Å². The van der Waals surface area contributed by atoms with E-state index in [1.54, 1.807) is 5.57 Å². The number of hydrogen-bond donors (Lipinski definition) is 0. The third kappa shape index (κ3) is 1.78. The first-order valence-corrected chi connectivity index (χ1v) is 9.99. The van der Waals surface area contributed by atoms with E-state index in [1.165, 1.54) is 19.3 Å². The van der Waals surface area contributed by atoms with Gasteiger partial charge in [0.25, 0.3) is 0 Å². The van der Waals surface area contributed by atoms with Gasteiger partial charge < -0.3 is 9.47 Å². The molecule has 4 fully saturated rings. The Morgan fingerprint density at radius 3 is 2.67 bits per heavy atom. The zero-order valence-corrected chi connectivity index (χ0v) is 15.1. The molecular weight excluding hydrogens is 300 g/mol. The van der Waals surface area contributed by atoms with Crippen LogP contribution < -0.4 is 0 Å². The van der Waals surface area contributed by atoms with Gasteiger partial charge in [0.2, 0.25) is 0 Å². The van der Waals surface area contributed by atoms with Crippen molar-refractivity contribution in [2.24, 2.45) is 28.6 Å². The van der Waals surface area contributed by atoms with Crippen LogP contribution in [0.1, 0.15) is 65.2 Å². The van der Waals surface area contributed by atoms with E-state index in [9.17, 15) is 4.79 Å². The lowest BCUT2D eigenvalue weighted by Crippen LogP contribution is -2.52. The van der Waals surface area contributed by atoms with Crippen molar-refractivity contribution in [1.29, 1.82) is 0 Å². The molecule has 132 valence electrons. The second-order valence-electron chi connectivity index (χ2n) is 9.42. The molecule has 1 saturated heterocycles. The van der Waals surface area contributed by atoms with Crippen LogP contribution in [0.3, 0.4) is 0 Å². The molecule has 3 saturated carbocycles. The van der Waals surface area contributed by atoms with Gasteiger partial charge in [-0.15, -0.1) is 0 Å². The van der Waals surface area contributed by atoms with Crippen LogP contribution >= 0.6 is 0 Å². The van der Waals surface area contributed by atoms with Crippen LogP contribution in [-0.4, -0.2) is 24.8 Å². The van der Waals surface area contributed by atoms with Crippen molar-refractivity contribution in [2.45, 2.75) is 71.0 Å². The highest BCUT2D eigenvalue weighted by atomic mass is 16.7. The third-order valence-corrected chi connectivity index (χ3v) is 8.64. The number of ether oxygens (including phenoxy) is 2. The maximum absolute atomic E-state index is 12.0. The Labute approximate surface area is 145 Å². The number of rotatable bonds is 0. The van der Waals surface area contributed by atoms with E-state index >= 15 is 0 Å². The van der Waals surface area contributed by atoms with Crippen LogP contribution in [0, 0.1) is 28.6 Å². The van der Waals surface area contributed by atoms with E-state index in [4.69, 9.17) is 9.47 Å². The molecule has 24 heavy (non-hydrogen) atoms. The second kappa shape index (κ2) is 4.94. The maximum Gasteiger partial charge on any atom is 0.174 e. The summed E-state index contributed by atoms with van der Waals surface area (Å²) in [6.45, 7) is 6.39. The Hall–Kier alpha value is -0.670. The monoisotopic (exact) mass is 330 g/mol. The molecule has 5 rings (SSSR count). The molecular formula is C21H30O3. The van der Waals surface area contributed by atoms with E-state index in [-0.39, 0.29) is 16.6 Å². The van der Waals surface area contributed by atoms with Gasteiger partial charge >= 0.3 is 0 Å². The molecule has 0 amide bonds. The van der Waals surface area contributed by atoms with Crippen molar-refractivity contribution in [2.75, 3.05) is 13.2 Å². The van der Waals surface area contributed by atoms with E-state index in [0.29, 0.717) is 23.5 Å². The summed E-state index contributed by atoms with van der Waals surface area (Å²) in [5, 5.41) is 0. The predicted molar refractivity (Wildman–Crippen MR) is 91.3 cm³/mol. The van der Waals surface area contributed by atoms with Gasteiger partial charge in [0, 0.05) is 24.7 Å². The smallest absolute Gasteiger partial charge is 0.174 e. The minimum absolute atomic E-state index is 0.130. The van der Waals surface area contributed by atoms with Crippen LogP contribution in [-0.2, 0) is 14.3 Å². The number of carbonyl (C=O) groups excluding carboxylic acids is 1. The lowest BCUT2D eigenvalue weighted by atomic mass is 9.49. The summed E-state index contributed by atoms with van der Waals surface area (Å²) in [4.78, 5) is 12.0. The van der Waals surface area contributed by atoms with E-state index < -0.39 is 0 Å². The first-order chi connectivity index (χ1) is 11.5. The fourth-order valence-electron chi connectivity index (χ4n) is 7.20. The van der Waals surface area contributed by atoms with Crippen LogP contribution in [0.15, 0.2) is 11.6 Å². The topological polar surface area (TPSA) is 35.5 Å². The number of fused-ring (bicyclic) bond motifs is 6. The summed E-state index contributed by atoms with van der Waals surface area (Å²) in [5.74, 6) is 2.13. The van der Waals surface area contributed by atoms with Gasteiger partial charge in [0.1, 0.15) is 5.78 Å². The molecule has 0 aromatic rings. The molecule has 1 heterocycles. The van der Waals surface area contributed by atoms with Crippen molar-refractivity contribution >= 4 is 5.78 Å². The maximum atomic E-state index is 12.0. The molecule has 5 aliphatic rings. The summed E-state index contributed by atoms with van der Waals surface area (Å²) < 4.78 is 12.4. The zero-order chi connectivity index (χ0) is 16.6. The molecule has 0 radical (unpaired) electrons. The molecule has 0 bridgehead atoms. The Kier molecular flexibility index (Phi) is 3.21. The highest BCUT2D eigenvalue weighted by molar-refractivity contribution is 5.80. The van der Waals surface area contributed by atoms with Crippen LogP contribution in [0.4, 0.5) is 0 Å². The first kappa shape index (κ1) is 15.6. The molecule has 4 aliphatic carbocycles. The predicted octanol–water partition coefficient (Wildman–Crippen LogP) is 4.26. The molecule has 0 N–H and O–H groups in total. The molecule has 3 nitrogen and oxygen atoms in total. The average molecular weight is 330 g/mol. The number of Topliss-reactive ketones (excluding diaryl/α,β-unsaturated/α-hetero) is 1. The minimum atomic E-state index is -0.319. The SMILES string of the molecule is C[C@]12CC=C3[C@@H](CC[C@H]4CC(=O)CC[C@]34C)[C@@H]1CCC21OCCO1. The summed E-state index contributed by atoms with van der Waals surface area (Å²) >= 11 is 0. The molecule has 0 unspecified atom stereocenters. The lowest BCUT2D eigenvalue weighted by molar-refractivity contribution is -0.228. The molecule has 0 aromatic heterocycles. The normalized spacial score (nSPS) is 49.5. The fraction of sp³-hybridized carbons (Fsp3) is 0.857. The summed E-state index contributed by atoms with van der Waals surface area (Å²) in [7, 11) is 0. The van der Waals surface area contributed by atoms with Crippen molar-refractivity contribution in [3.63, 3.8) is 0 Å². The number of hydrogen-bond acceptors (Lipinski definition) is 3. The molecule has 0 aromatic carbocycles. The Morgan fingerprint density at radius 1 is 1.08 bits per heavy atom. The van der Waals surface area contributed by atoms with Crippen molar-refractivity contribution < 1.29 is 14.3 Å². The van der Waals surface area contributed by atoms with Gasteiger partial charge in [-0.25, -0.2) is 0 Å². The van der Waals surface area contributed by atoms with Crippen molar-refractivity contribution in [3.05, 3.63) is 11.6 Å². The minimum Gasteiger partial charge on any atom is -0.347 e. The molecule has 5 atom stereocenters. The van der Waals surface area contributed by atoms with Crippen molar-refractivity contribution in [1.82, 2.24) is 0 Å². The van der Waals surface area contributed by atoms with Gasteiger partial charge in [-0.2, -0.15) is 0 Å². The molecule has 1 aliphatic heterocycles. The van der Waals surface area contributed by atoms with Crippen LogP contribution in [0.25, 0.3) is 0 Å². The average Bonchev–Trinajstić information content (AvgIpc) is 3.15. The fourth-order valence-corrected chi connectivity index (χ4v) is 7.20. The highest BCUT2D eigenvalue weighted by Gasteiger charge is 2.65. The van der Waals surface area contributed by atoms with Gasteiger partial charge in [0.05, 0.1) is 13.2 Å². The standard InChI is InChI=1S/C21H30O3/c1-19-8-5-15(22)13-14(19)3-4-16-17(19)6-9-20(2)18(16)7-10-21(20)23-11-12-24-21/h6,14,16,18H,3-5,7-13H2,1-2H3/t14-,16+,18-,19-,20-/m0/s1. The summed E-state index contributed by atoms with van der Waals surface area (Å²) in [5.41, 5.74) is 2.10. The molecule has 3 heteroatoms. The summed E-state index contributed by atoms with van der Waals surface area (Å²) in [6, 6.07) is 0. The number of allylic oxidation sites excluding steroid dienone is 2. The third-order valence-electron chi connectivity index (χ3n) is 8.64. The molecule has 1 spiro atoms. The van der Waals surface area contributed by atoms with Gasteiger partial charge in [-0.3, -0.25) is 4.79 Å². The summed E-state index contributed by atoms with van der Waals surface area (Å²) in [6.07, 6.45) is 11.1. The quantitative estimate of drug-likeness (QED) is 0.623.